The Morgan fingerprint density at radius 2 is 1.94 bits per heavy atom. The summed E-state index contributed by atoms with van der Waals surface area (Å²) in [6.45, 7) is 3.35. The summed E-state index contributed by atoms with van der Waals surface area (Å²) in [5.74, 6) is -2.09. The molecule has 1 aromatic heterocycles. The molecular formula is C20H24N5O6S+. The lowest BCUT2D eigenvalue weighted by Crippen LogP contribution is -2.08. The average Bonchev–Trinajstić information content (AvgIpc) is 3.22. The van der Waals surface area contributed by atoms with Gasteiger partial charge in [0.05, 0.1) is 27.6 Å². The van der Waals surface area contributed by atoms with Crippen LogP contribution in [0.25, 0.3) is 11.1 Å². The zero-order valence-electron chi connectivity index (χ0n) is 17.9. The highest BCUT2D eigenvalue weighted by Crippen LogP contribution is 2.27. The van der Waals surface area contributed by atoms with E-state index in [9.17, 15) is 14.5 Å². The van der Waals surface area contributed by atoms with Crippen LogP contribution in [0.15, 0.2) is 40.8 Å². The van der Waals surface area contributed by atoms with Crippen LogP contribution in [0.5, 0.6) is 0 Å². The Bertz CT molecular complexity index is 1060. The Morgan fingerprint density at radius 1 is 1.19 bits per heavy atom. The molecule has 11 nitrogen and oxygen atoms in total. The van der Waals surface area contributed by atoms with Crippen molar-refractivity contribution < 1.29 is 29.6 Å². The van der Waals surface area contributed by atoms with Gasteiger partial charge in [-0.25, -0.2) is 4.84 Å². The molecule has 0 bridgehead atoms. The largest absolute Gasteiger partial charge is 0.481 e. The van der Waals surface area contributed by atoms with Crippen molar-refractivity contribution in [2.45, 2.75) is 33.2 Å². The van der Waals surface area contributed by atoms with Crippen LogP contribution in [0.4, 0.5) is 5.69 Å². The highest BCUT2D eigenvalue weighted by molar-refractivity contribution is 8.14. The predicted octanol–water partition coefficient (Wildman–Crippen LogP) is 3.35. The molecule has 2 N–H and O–H groups in total. The first-order chi connectivity index (χ1) is 15.2. The van der Waals surface area contributed by atoms with E-state index in [0.717, 1.165) is 18.2 Å². The second-order valence-electron chi connectivity index (χ2n) is 6.63. The zero-order chi connectivity index (χ0) is 23.7. The van der Waals surface area contributed by atoms with E-state index in [1.807, 2.05) is 6.92 Å². The van der Waals surface area contributed by atoms with E-state index in [4.69, 9.17) is 15.1 Å². The number of hydrogen-bond donors (Lipinski definition) is 2. The molecule has 0 saturated heterocycles. The number of thioether (sulfide) groups is 1. The Labute approximate surface area is 188 Å². The third kappa shape index (κ3) is 7.30. The maximum Gasteiger partial charge on any atom is 0.325 e. The fraction of sp³-hybridized carbons (Fsp3) is 0.350. The fourth-order valence-corrected chi connectivity index (χ4v) is 3.14. The van der Waals surface area contributed by atoms with Crippen LogP contribution in [-0.4, -0.2) is 60.5 Å². The number of carboxylic acids is 2. The van der Waals surface area contributed by atoms with E-state index >= 15 is 0 Å². The van der Waals surface area contributed by atoms with Gasteiger partial charge in [0.25, 0.3) is 4.92 Å². The van der Waals surface area contributed by atoms with Gasteiger partial charge in [0.15, 0.2) is 7.11 Å². The van der Waals surface area contributed by atoms with Crippen LogP contribution in [0.2, 0.25) is 0 Å². The molecule has 0 spiro atoms. The minimum atomic E-state index is -1.02. The lowest BCUT2D eigenvalue weighted by atomic mass is 10.00. The number of hydrogen-bond acceptors (Lipinski definition) is 8. The first-order valence-electron chi connectivity index (χ1n) is 9.60. The molecule has 2 rings (SSSR count). The van der Waals surface area contributed by atoms with Gasteiger partial charge < -0.3 is 10.2 Å². The Morgan fingerprint density at radius 3 is 2.56 bits per heavy atom. The quantitative estimate of drug-likeness (QED) is 0.294. The topological polar surface area (TPSA) is 146 Å². The summed E-state index contributed by atoms with van der Waals surface area (Å²) in [5, 5.41) is 30.7. The molecule has 0 saturated carbocycles. The number of benzene rings is 1. The van der Waals surface area contributed by atoms with Crippen molar-refractivity contribution in [3.05, 3.63) is 41.1 Å². The first kappa shape index (κ1) is 24.7. The molecule has 0 aliphatic rings. The Hall–Kier alpha value is -3.54. The Balaban J connectivity index is 2.50. The van der Waals surface area contributed by atoms with Gasteiger partial charge in [0.1, 0.15) is 6.54 Å². The van der Waals surface area contributed by atoms with Gasteiger partial charge in [-0.1, -0.05) is 25.1 Å². The van der Waals surface area contributed by atoms with Crippen molar-refractivity contribution in [3.63, 3.8) is 0 Å². The molecule has 1 heterocycles. The SMILES string of the molecule is CCCC(=NN=C(C)SCC(=O)O)c1cc(-c2cnn(CC(=O)O)c2)cc([N+](=O)OC)c1. The standard InChI is InChI=1S/C20H23N5O6S/c1-4-5-18(23-22-13(2)32-12-20(28)29)15-6-14(7-17(8-15)25(30)31-3)16-9-21-24(10-16)11-19(26)27/h6-10H,4-5,11-12H2,1-3H3,(H-,26,27,28,29)/p+1. The lowest BCUT2D eigenvalue weighted by Gasteiger charge is -2.07. The minimum Gasteiger partial charge on any atom is -0.481 e. The average molecular weight is 463 g/mol. The third-order valence-corrected chi connectivity index (χ3v) is 4.99. The number of carbonyl (C=O) groups is 2. The van der Waals surface area contributed by atoms with Crippen molar-refractivity contribution in [1.82, 2.24) is 9.78 Å². The van der Waals surface area contributed by atoms with Crippen LogP contribution < -0.4 is 0 Å². The molecule has 170 valence electrons. The second kappa shape index (κ2) is 11.7. The van der Waals surface area contributed by atoms with E-state index in [-0.39, 0.29) is 18.0 Å². The van der Waals surface area contributed by atoms with Crippen LogP contribution >= 0.6 is 11.8 Å². The third-order valence-electron chi connectivity index (χ3n) is 4.09. The monoisotopic (exact) mass is 462 g/mol. The molecule has 0 atom stereocenters. The molecule has 12 heteroatoms. The molecule has 0 aliphatic carbocycles. The summed E-state index contributed by atoms with van der Waals surface area (Å²) < 4.78 is 1.28. The molecule has 0 unspecified atom stereocenters. The number of nitrogens with zero attached hydrogens (tertiary/aromatic N) is 5. The van der Waals surface area contributed by atoms with Gasteiger partial charge in [-0.05, 0) is 25.0 Å². The van der Waals surface area contributed by atoms with Crippen LogP contribution in [0, 0.1) is 4.91 Å². The van der Waals surface area contributed by atoms with Crippen molar-refractivity contribution in [2.24, 2.45) is 10.2 Å². The van der Waals surface area contributed by atoms with Gasteiger partial charge in [-0.15, -0.1) is 5.10 Å². The summed E-state index contributed by atoms with van der Waals surface area (Å²) in [6, 6.07) is 5.02. The van der Waals surface area contributed by atoms with E-state index < -0.39 is 11.9 Å². The second-order valence-corrected chi connectivity index (χ2v) is 7.79. The molecule has 0 amide bonds. The van der Waals surface area contributed by atoms with Crippen LogP contribution in [0.3, 0.4) is 0 Å². The smallest absolute Gasteiger partial charge is 0.325 e. The molecular weight excluding hydrogens is 438 g/mol. The van der Waals surface area contributed by atoms with Gasteiger partial charge in [-0.2, -0.15) is 10.2 Å². The molecule has 1 aromatic carbocycles. The summed E-state index contributed by atoms with van der Waals surface area (Å²) in [7, 11) is 1.25. The van der Waals surface area contributed by atoms with Gasteiger partial charge in [0.2, 0.25) is 0 Å². The molecule has 0 radical (unpaired) electrons. The minimum absolute atomic E-state index is 0.118. The number of aromatic nitrogens is 2. The van der Waals surface area contributed by atoms with Gasteiger partial charge in [-0.3, -0.25) is 14.3 Å². The summed E-state index contributed by atoms with van der Waals surface area (Å²) in [5.41, 5.74) is 2.69. The lowest BCUT2D eigenvalue weighted by molar-refractivity contribution is -0.736. The van der Waals surface area contributed by atoms with Crippen molar-refractivity contribution in [3.8, 4) is 11.1 Å². The highest BCUT2D eigenvalue weighted by Gasteiger charge is 2.20. The highest BCUT2D eigenvalue weighted by atomic mass is 32.2. The van der Waals surface area contributed by atoms with Gasteiger partial charge >= 0.3 is 17.6 Å². The Kier molecular flexibility index (Phi) is 9.08. The summed E-state index contributed by atoms with van der Waals surface area (Å²) in [6.07, 6.45) is 4.40. The van der Waals surface area contributed by atoms with Crippen molar-refractivity contribution in [2.75, 3.05) is 12.9 Å². The van der Waals surface area contributed by atoms with E-state index in [1.165, 1.54) is 18.0 Å². The molecule has 0 fully saturated rings. The van der Waals surface area contributed by atoms with E-state index in [2.05, 4.69) is 15.3 Å². The van der Waals surface area contributed by atoms with Crippen molar-refractivity contribution in [1.29, 1.82) is 0 Å². The summed E-state index contributed by atoms with van der Waals surface area (Å²) >= 11 is 1.07. The normalized spacial score (nSPS) is 12.0. The summed E-state index contributed by atoms with van der Waals surface area (Å²) in [4.78, 5) is 39.0. The molecule has 2 aromatic rings. The first-order valence-corrected chi connectivity index (χ1v) is 10.6. The maximum atomic E-state index is 12.2. The number of carboxylic acid groups (broad SMARTS) is 2. The van der Waals surface area contributed by atoms with Crippen molar-refractivity contribution >= 4 is 40.1 Å². The van der Waals surface area contributed by atoms with E-state index in [0.29, 0.717) is 38.8 Å². The van der Waals surface area contributed by atoms with Crippen LogP contribution in [0.1, 0.15) is 32.3 Å². The fourth-order valence-electron chi connectivity index (χ4n) is 2.71. The molecule has 32 heavy (non-hydrogen) atoms. The predicted molar refractivity (Wildman–Crippen MR) is 120 cm³/mol. The van der Waals surface area contributed by atoms with E-state index in [1.54, 1.807) is 31.3 Å². The maximum absolute atomic E-state index is 12.2. The number of rotatable bonds is 11. The van der Waals surface area contributed by atoms with Gasteiger partial charge in [0, 0.05) is 29.5 Å². The number of aliphatic carboxylic acids is 2. The van der Waals surface area contributed by atoms with Crippen LogP contribution in [-0.2, 0) is 21.0 Å². The zero-order valence-corrected chi connectivity index (χ0v) is 18.7. The molecule has 0 aliphatic heterocycles.